The molecule has 4 unspecified atom stereocenters. The van der Waals surface area contributed by atoms with Crippen LogP contribution in [0, 0.1) is 5.92 Å². The number of aliphatic carboxylic acids is 1. The van der Waals surface area contributed by atoms with E-state index in [0.717, 1.165) is 16.3 Å². The fraction of sp³-hybridized carbons (Fsp3) is 0.481. The fourth-order valence-corrected chi connectivity index (χ4v) is 4.29. The summed E-state index contributed by atoms with van der Waals surface area (Å²) in [4.78, 5) is 50.7. The van der Waals surface area contributed by atoms with E-state index in [0.29, 0.717) is 12.2 Å². The molecule has 202 valence electrons. The number of rotatable bonds is 14. The Morgan fingerprint density at radius 3 is 2.16 bits per heavy atom. The molecule has 0 radical (unpaired) electrons. The molecule has 0 aromatic heterocycles. The average Bonchev–Trinajstić information content (AvgIpc) is 2.87. The number of nitrogens with two attached hydrogens (primary N) is 1. The summed E-state index contributed by atoms with van der Waals surface area (Å²) in [7, 11) is 0. The van der Waals surface area contributed by atoms with Crippen molar-refractivity contribution in [2.45, 2.75) is 64.2 Å². The first-order chi connectivity index (χ1) is 17.6. The average molecular weight is 531 g/mol. The third-order valence-corrected chi connectivity index (χ3v) is 6.78. The third kappa shape index (κ3) is 9.05. The van der Waals surface area contributed by atoms with Crippen LogP contribution in [0.15, 0.2) is 42.5 Å². The number of nitrogens with one attached hydrogen (secondary N) is 3. The van der Waals surface area contributed by atoms with E-state index in [9.17, 15) is 24.3 Å². The van der Waals surface area contributed by atoms with Crippen LogP contribution in [-0.4, -0.2) is 65.0 Å². The highest BCUT2D eigenvalue weighted by Crippen LogP contribution is 2.17. The van der Waals surface area contributed by atoms with E-state index >= 15 is 0 Å². The molecule has 10 heteroatoms. The Bertz CT molecular complexity index is 1090. The molecule has 0 saturated carbocycles. The van der Waals surface area contributed by atoms with Crippen molar-refractivity contribution in [3.63, 3.8) is 0 Å². The highest BCUT2D eigenvalue weighted by molar-refractivity contribution is 7.98. The topological polar surface area (TPSA) is 151 Å². The van der Waals surface area contributed by atoms with Crippen LogP contribution in [0.25, 0.3) is 10.8 Å². The molecule has 4 atom stereocenters. The first-order valence-corrected chi connectivity index (χ1v) is 13.8. The molecular formula is C27H38N4O5S. The lowest BCUT2D eigenvalue weighted by atomic mass is 9.99. The number of carboxylic acid groups (broad SMARTS) is 1. The highest BCUT2D eigenvalue weighted by Gasteiger charge is 2.31. The Hall–Kier alpha value is -3.11. The summed E-state index contributed by atoms with van der Waals surface area (Å²) in [5.74, 6) is -2.45. The van der Waals surface area contributed by atoms with Crippen molar-refractivity contribution in [1.82, 2.24) is 16.0 Å². The van der Waals surface area contributed by atoms with E-state index in [1.807, 2.05) is 48.7 Å². The molecule has 0 aliphatic carbocycles. The first kappa shape index (κ1) is 30.1. The minimum Gasteiger partial charge on any atom is -0.480 e. The second-order valence-corrected chi connectivity index (χ2v) is 10.4. The number of fused-ring (bicyclic) bond motifs is 1. The summed E-state index contributed by atoms with van der Waals surface area (Å²) in [6.07, 6.45) is 2.66. The lowest BCUT2D eigenvalue weighted by Crippen LogP contribution is -2.58. The second-order valence-electron chi connectivity index (χ2n) is 9.37. The van der Waals surface area contributed by atoms with Gasteiger partial charge in [-0.15, -0.1) is 0 Å². The van der Waals surface area contributed by atoms with Crippen molar-refractivity contribution in [2.24, 2.45) is 11.7 Å². The van der Waals surface area contributed by atoms with Gasteiger partial charge in [-0.3, -0.25) is 14.4 Å². The summed E-state index contributed by atoms with van der Waals surface area (Å²) in [5.41, 5.74) is 6.62. The number of hydrogen-bond acceptors (Lipinski definition) is 6. The van der Waals surface area contributed by atoms with E-state index in [2.05, 4.69) is 16.0 Å². The SMILES string of the molecule is CCC(N)C(=O)NC(C(=O)NC(Cc1ccc2ccccc2c1)C(=O)NC(CCSC)C(=O)O)C(C)C. The maximum Gasteiger partial charge on any atom is 0.326 e. The minimum absolute atomic E-state index is 0.143. The molecule has 0 aliphatic rings. The minimum atomic E-state index is -1.14. The van der Waals surface area contributed by atoms with Gasteiger partial charge >= 0.3 is 5.97 Å². The second kappa shape index (κ2) is 14.6. The fourth-order valence-electron chi connectivity index (χ4n) is 3.82. The van der Waals surface area contributed by atoms with Gasteiger partial charge in [-0.2, -0.15) is 11.8 Å². The number of amides is 3. The van der Waals surface area contributed by atoms with E-state index < -0.39 is 47.9 Å². The summed E-state index contributed by atoms with van der Waals surface area (Å²) < 4.78 is 0. The lowest BCUT2D eigenvalue weighted by Gasteiger charge is -2.27. The predicted octanol–water partition coefficient (Wildman–Crippen LogP) is 2.07. The summed E-state index contributed by atoms with van der Waals surface area (Å²) in [6, 6.07) is 9.72. The predicted molar refractivity (Wildman–Crippen MR) is 147 cm³/mol. The Morgan fingerprint density at radius 2 is 1.57 bits per heavy atom. The third-order valence-electron chi connectivity index (χ3n) is 6.14. The van der Waals surface area contributed by atoms with Crippen LogP contribution in [0.4, 0.5) is 0 Å². The molecule has 0 saturated heterocycles. The largest absolute Gasteiger partial charge is 0.480 e. The van der Waals surface area contributed by atoms with Crippen LogP contribution in [-0.2, 0) is 25.6 Å². The Morgan fingerprint density at radius 1 is 0.919 bits per heavy atom. The standard InChI is InChI=1S/C27H38N4O5S/c1-5-20(28)24(32)31-23(16(2)3)26(34)30-22(25(33)29-21(27(35)36)12-13-37-4)15-17-10-11-18-8-6-7-9-19(18)14-17/h6-11,14,16,20-23H,5,12-13,15,28H2,1-4H3,(H,29,33)(H,30,34)(H,31,32)(H,35,36). The molecule has 0 aliphatic heterocycles. The van der Waals surface area contributed by atoms with Crippen LogP contribution >= 0.6 is 11.8 Å². The van der Waals surface area contributed by atoms with Crippen LogP contribution in [0.3, 0.4) is 0 Å². The van der Waals surface area contributed by atoms with Gasteiger partial charge in [-0.05, 0) is 47.1 Å². The molecule has 6 N–H and O–H groups in total. The van der Waals surface area contributed by atoms with Crippen molar-refractivity contribution in [2.75, 3.05) is 12.0 Å². The van der Waals surface area contributed by atoms with Gasteiger partial charge in [0.05, 0.1) is 6.04 Å². The normalized spacial score (nSPS) is 14.4. The zero-order chi connectivity index (χ0) is 27.5. The van der Waals surface area contributed by atoms with Gasteiger partial charge < -0.3 is 26.8 Å². The van der Waals surface area contributed by atoms with Crippen LogP contribution in [0.2, 0.25) is 0 Å². The molecule has 37 heavy (non-hydrogen) atoms. The molecule has 3 amide bonds. The molecule has 2 aromatic carbocycles. The van der Waals surface area contributed by atoms with E-state index in [1.165, 1.54) is 11.8 Å². The van der Waals surface area contributed by atoms with Gasteiger partial charge in [0.2, 0.25) is 17.7 Å². The number of carbonyl (C=O) groups is 4. The number of hydrogen-bond donors (Lipinski definition) is 5. The quantitative estimate of drug-likeness (QED) is 0.251. The van der Waals surface area contributed by atoms with E-state index in [1.54, 1.807) is 20.8 Å². The van der Waals surface area contributed by atoms with Gasteiger partial charge in [0.25, 0.3) is 0 Å². The molecule has 0 bridgehead atoms. The van der Waals surface area contributed by atoms with Crippen LogP contribution in [0.1, 0.15) is 39.2 Å². The van der Waals surface area contributed by atoms with Gasteiger partial charge in [0.15, 0.2) is 0 Å². The van der Waals surface area contributed by atoms with Gasteiger partial charge in [0.1, 0.15) is 18.1 Å². The summed E-state index contributed by atoms with van der Waals surface area (Å²) >= 11 is 1.48. The number of carbonyl (C=O) groups excluding carboxylic acids is 3. The molecule has 0 fully saturated rings. The summed E-state index contributed by atoms with van der Waals surface area (Å²) in [6.45, 7) is 5.33. The van der Waals surface area contributed by atoms with Crippen molar-refractivity contribution >= 4 is 46.2 Å². The van der Waals surface area contributed by atoms with Gasteiger partial charge in [-0.25, -0.2) is 4.79 Å². The van der Waals surface area contributed by atoms with Gasteiger partial charge in [0, 0.05) is 6.42 Å². The van der Waals surface area contributed by atoms with E-state index in [4.69, 9.17) is 5.73 Å². The molecule has 0 spiro atoms. The molecule has 2 aromatic rings. The lowest BCUT2D eigenvalue weighted by molar-refractivity contribution is -0.142. The molecule has 0 heterocycles. The number of benzene rings is 2. The number of carboxylic acids is 1. The number of thioether (sulfide) groups is 1. The monoisotopic (exact) mass is 530 g/mol. The summed E-state index contributed by atoms with van der Waals surface area (Å²) in [5, 5.41) is 19.6. The van der Waals surface area contributed by atoms with Gasteiger partial charge in [-0.1, -0.05) is 63.2 Å². The Balaban J connectivity index is 2.31. The zero-order valence-corrected chi connectivity index (χ0v) is 22.6. The maximum atomic E-state index is 13.3. The first-order valence-electron chi connectivity index (χ1n) is 12.4. The maximum absolute atomic E-state index is 13.3. The molecule has 2 rings (SSSR count). The molecular weight excluding hydrogens is 492 g/mol. The molecule has 9 nitrogen and oxygen atoms in total. The van der Waals surface area contributed by atoms with Crippen LogP contribution in [0.5, 0.6) is 0 Å². The Kier molecular flexibility index (Phi) is 11.9. The highest BCUT2D eigenvalue weighted by atomic mass is 32.2. The van der Waals surface area contributed by atoms with Crippen molar-refractivity contribution in [3.8, 4) is 0 Å². The van der Waals surface area contributed by atoms with Crippen LogP contribution < -0.4 is 21.7 Å². The van der Waals surface area contributed by atoms with E-state index in [-0.39, 0.29) is 18.8 Å². The Labute approximate surface area is 222 Å². The smallest absolute Gasteiger partial charge is 0.326 e. The zero-order valence-electron chi connectivity index (χ0n) is 21.8. The van der Waals surface area contributed by atoms with Crippen molar-refractivity contribution in [3.05, 3.63) is 48.0 Å². The van der Waals surface area contributed by atoms with Crippen molar-refractivity contribution < 1.29 is 24.3 Å². The van der Waals surface area contributed by atoms with Crippen molar-refractivity contribution in [1.29, 1.82) is 0 Å².